The number of anilines is 1. The van der Waals surface area contributed by atoms with E-state index in [1.807, 2.05) is 32.0 Å². The number of urea groups is 1. The molecule has 0 aromatic heterocycles. The van der Waals surface area contributed by atoms with Crippen LogP contribution in [0.5, 0.6) is 0 Å². The van der Waals surface area contributed by atoms with Crippen LogP contribution in [-0.4, -0.2) is 16.9 Å². The fourth-order valence-electron chi connectivity index (χ4n) is 3.26. The number of hydrogen-bond donors (Lipinski definition) is 3. The molecule has 1 heterocycles. The standard InChI is InChI=1S/C20H20N4O4/c1-11-7-8-12(2)16(9-11)18-17(13(3)21-20(26)23-18)19(25)22-14-5-4-6-15(10-14)24(27)28/h4-10,17-18H,3H2,1-2H3,(H,22,25)(H2,21,23,26)/t17-,18+/m1/s1. The summed E-state index contributed by atoms with van der Waals surface area (Å²) in [6, 6.07) is 10.4. The third-order valence-corrected chi connectivity index (χ3v) is 4.65. The molecule has 144 valence electrons. The minimum atomic E-state index is -0.794. The maximum absolute atomic E-state index is 13.0. The van der Waals surface area contributed by atoms with E-state index in [1.54, 1.807) is 6.07 Å². The normalized spacial score (nSPS) is 18.8. The molecule has 0 unspecified atom stereocenters. The van der Waals surface area contributed by atoms with Crippen molar-refractivity contribution in [3.05, 3.63) is 81.5 Å². The Bertz CT molecular complexity index is 986. The van der Waals surface area contributed by atoms with Crippen LogP contribution in [-0.2, 0) is 4.79 Å². The molecule has 2 aromatic carbocycles. The van der Waals surface area contributed by atoms with Crippen molar-refractivity contribution in [2.24, 2.45) is 5.92 Å². The smallest absolute Gasteiger partial charge is 0.319 e. The number of amides is 3. The first-order valence-electron chi connectivity index (χ1n) is 8.65. The number of nitro benzene ring substituents is 1. The van der Waals surface area contributed by atoms with Gasteiger partial charge in [0.25, 0.3) is 5.69 Å². The molecule has 0 aliphatic carbocycles. The fraction of sp³-hybridized carbons (Fsp3) is 0.200. The summed E-state index contributed by atoms with van der Waals surface area (Å²) in [6.07, 6.45) is 0. The van der Waals surface area contributed by atoms with Gasteiger partial charge in [0.05, 0.1) is 11.0 Å². The number of nitrogens with zero attached hydrogens (tertiary/aromatic N) is 1. The van der Waals surface area contributed by atoms with Gasteiger partial charge in [-0.1, -0.05) is 36.4 Å². The first-order chi connectivity index (χ1) is 13.3. The van der Waals surface area contributed by atoms with Gasteiger partial charge in [0.15, 0.2) is 0 Å². The van der Waals surface area contributed by atoms with Gasteiger partial charge in [0.2, 0.25) is 5.91 Å². The number of aryl methyl sites for hydroxylation is 2. The highest BCUT2D eigenvalue weighted by atomic mass is 16.6. The molecule has 1 aliphatic rings. The summed E-state index contributed by atoms with van der Waals surface area (Å²) in [7, 11) is 0. The summed E-state index contributed by atoms with van der Waals surface area (Å²) >= 11 is 0. The van der Waals surface area contributed by atoms with E-state index in [0.29, 0.717) is 5.69 Å². The lowest BCUT2D eigenvalue weighted by molar-refractivity contribution is -0.384. The van der Waals surface area contributed by atoms with Crippen LogP contribution in [0.2, 0.25) is 0 Å². The SMILES string of the molecule is C=C1NC(=O)N[C@@H](c2cc(C)ccc2C)[C@@H]1C(=O)Nc1cccc([N+](=O)[O-])c1. The van der Waals surface area contributed by atoms with Crippen molar-refractivity contribution in [3.8, 4) is 0 Å². The Morgan fingerprint density at radius 1 is 1.21 bits per heavy atom. The van der Waals surface area contributed by atoms with E-state index in [9.17, 15) is 19.7 Å². The van der Waals surface area contributed by atoms with Crippen LogP contribution in [0.4, 0.5) is 16.2 Å². The molecule has 28 heavy (non-hydrogen) atoms. The highest BCUT2D eigenvalue weighted by molar-refractivity contribution is 5.97. The van der Waals surface area contributed by atoms with Crippen LogP contribution in [0, 0.1) is 29.9 Å². The lowest BCUT2D eigenvalue weighted by Crippen LogP contribution is -2.52. The zero-order valence-corrected chi connectivity index (χ0v) is 15.5. The third-order valence-electron chi connectivity index (χ3n) is 4.65. The molecule has 2 aromatic rings. The van der Waals surface area contributed by atoms with Crippen molar-refractivity contribution >= 4 is 23.3 Å². The zero-order chi connectivity index (χ0) is 20.4. The van der Waals surface area contributed by atoms with E-state index in [2.05, 4.69) is 22.5 Å². The van der Waals surface area contributed by atoms with E-state index < -0.39 is 28.8 Å². The molecule has 3 rings (SSSR count). The minimum Gasteiger partial charge on any atom is -0.330 e. The van der Waals surface area contributed by atoms with Gasteiger partial charge >= 0.3 is 6.03 Å². The van der Waals surface area contributed by atoms with Crippen molar-refractivity contribution in [3.63, 3.8) is 0 Å². The number of carbonyl (C=O) groups is 2. The number of nitro groups is 1. The van der Waals surface area contributed by atoms with Crippen LogP contribution in [0.15, 0.2) is 54.7 Å². The van der Waals surface area contributed by atoms with Crippen LogP contribution in [0.3, 0.4) is 0 Å². The highest BCUT2D eigenvalue weighted by Crippen LogP contribution is 2.33. The van der Waals surface area contributed by atoms with E-state index >= 15 is 0 Å². The Hall–Kier alpha value is -3.68. The first-order valence-corrected chi connectivity index (χ1v) is 8.65. The van der Waals surface area contributed by atoms with Gasteiger partial charge in [0.1, 0.15) is 5.92 Å². The first kappa shape index (κ1) is 19.1. The zero-order valence-electron chi connectivity index (χ0n) is 15.5. The van der Waals surface area contributed by atoms with Crippen LogP contribution >= 0.6 is 0 Å². The Balaban J connectivity index is 1.94. The van der Waals surface area contributed by atoms with E-state index in [0.717, 1.165) is 16.7 Å². The predicted molar refractivity (Wildman–Crippen MR) is 105 cm³/mol. The molecular formula is C20H20N4O4. The second-order valence-electron chi connectivity index (χ2n) is 6.74. The molecule has 0 radical (unpaired) electrons. The molecule has 0 saturated carbocycles. The number of benzene rings is 2. The number of non-ortho nitro benzene ring substituents is 1. The summed E-state index contributed by atoms with van der Waals surface area (Å²) in [5.41, 5.74) is 3.17. The average Bonchev–Trinajstić information content (AvgIpc) is 2.63. The molecule has 0 bridgehead atoms. The second-order valence-corrected chi connectivity index (χ2v) is 6.74. The van der Waals surface area contributed by atoms with Crippen molar-refractivity contribution < 1.29 is 14.5 Å². The molecule has 3 amide bonds. The van der Waals surface area contributed by atoms with Gasteiger partial charge < -0.3 is 16.0 Å². The van der Waals surface area contributed by atoms with Crippen molar-refractivity contribution in [2.75, 3.05) is 5.32 Å². The predicted octanol–water partition coefficient (Wildman–Crippen LogP) is 3.33. The maximum atomic E-state index is 13.0. The Morgan fingerprint density at radius 3 is 2.68 bits per heavy atom. The summed E-state index contributed by atoms with van der Waals surface area (Å²) < 4.78 is 0. The van der Waals surface area contributed by atoms with Gasteiger partial charge in [0, 0.05) is 23.5 Å². The summed E-state index contributed by atoms with van der Waals surface area (Å²) in [6.45, 7) is 7.67. The van der Waals surface area contributed by atoms with Gasteiger partial charge in [-0.15, -0.1) is 0 Å². The maximum Gasteiger partial charge on any atom is 0.319 e. The lowest BCUT2D eigenvalue weighted by Gasteiger charge is -2.34. The van der Waals surface area contributed by atoms with Crippen molar-refractivity contribution in [1.82, 2.24) is 10.6 Å². The molecular weight excluding hydrogens is 360 g/mol. The van der Waals surface area contributed by atoms with Crippen molar-refractivity contribution in [1.29, 1.82) is 0 Å². The lowest BCUT2D eigenvalue weighted by atomic mass is 9.85. The Kier molecular flexibility index (Phi) is 5.12. The van der Waals surface area contributed by atoms with Crippen LogP contribution in [0.25, 0.3) is 0 Å². The quantitative estimate of drug-likeness (QED) is 0.557. The molecule has 8 heteroatoms. The largest absolute Gasteiger partial charge is 0.330 e. The molecule has 1 saturated heterocycles. The molecule has 1 fully saturated rings. The van der Waals surface area contributed by atoms with Gasteiger partial charge in [-0.25, -0.2) is 4.79 Å². The van der Waals surface area contributed by atoms with Crippen LogP contribution in [0.1, 0.15) is 22.7 Å². The monoisotopic (exact) mass is 380 g/mol. The minimum absolute atomic E-state index is 0.127. The fourth-order valence-corrected chi connectivity index (χ4v) is 3.26. The molecule has 0 spiro atoms. The van der Waals surface area contributed by atoms with Gasteiger partial charge in [-0.3, -0.25) is 14.9 Å². The van der Waals surface area contributed by atoms with E-state index in [4.69, 9.17) is 0 Å². The molecule has 2 atom stereocenters. The third kappa shape index (κ3) is 3.85. The average molecular weight is 380 g/mol. The molecule has 3 N–H and O–H groups in total. The van der Waals surface area contributed by atoms with Crippen molar-refractivity contribution in [2.45, 2.75) is 19.9 Å². The summed E-state index contributed by atoms with van der Waals surface area (Å²) in [5.74, 6) is -1.22. The topological polar surface area (TPSA) is 113 Å². The summed E-state index contributed by atoms with van der Waals surface area (Å²) in [4.78, 5) is 35.4. The Labute approximate surface area is 161 Å². The van der Waals surface area contributed by atoms with Gasteiger partial charge in [-0.2, -0.15) is 0 Å². The number of carbonyl (C=O) groups excluding carboxylic acids is 2. The van der Waals surface area contributed by atoms with Gasteiger partial charge in [-0.05, 0) is 31.0 Å². The number of hydrogen-bond acceptors (Lipinski definition) is 4. The van der Waals surface area contributed by atoms with Crippen LogP contribution < -0.4 is 16.0 Å². The summed E-state index contributed by atoms with van der Waals surface area (Å²) in [5, 5.41) is 19.0. The Morgan fingerprint density at radius 2 is 1.96 bits per heavy atom. The van der Waals surface area contributed by atoms with E-state index in [-0.39, 0.29) is 11.4 Å². The van der Waals surface area contributed by atoms with E-state index in [1.165, 1.54) is 18.2 Å². The highest BCUT2D eigenvalue weighted by Gasteiger charge is 2.38. The number of rotatable bonds is 4. The number of nitrogens with one attached hydrogen (secondary N) is 3. The second kappa shape index (κ2) is 7.51. The molecule has 8 nitrogen and oxygen atoms in total. The molecule has 1 aliphatic heterocycles.